The lowest BCUT2D eigenvalue weighted by Gasteiger charge is -2.12. The summed E-state index contributed by atoms with van der Waals surface area (Å²) in [6.07, 6.45) is 0.620. The Balaban J connectivity index is 2.92. The number of aromatic nitrogens is 2. The number of nitrogen functional groups attached to an aromatic ring is 1. The van der Waals surface area contributed by atoms with Gasteiger partial charge in [0.05, 0.1) is 6.61 Å². The fourth-order valence-electron chi connectivity index (χ4n) is 1.57. The van der Waals surface area contributed by atoms with Crippen molar-refractivity contribution >= 4 is 17.8 Å². The van der Waals surface area contributed by atoms with Crippen LogP contribution < -0.4 is 11.1 Å². The maximum absolute atomic E-state index is 11.9. The number of nitrogens with two attached hydrogens (primary N) is 1. The lowest BCUT2D eigenvalue weighted by Crippen LogP contribution is -2.43. The molecule has 1 aromatic rings. The molecule has 8 nitrogen and oxygen atoms in total. The molecule has 0 aliphatic heterocycles. The number of carboxylic acids is 1. The minimum absolute atomic E-state index is 0.0205. The predicted molar refractivity (Wildman–Crippen MR) is 71.0 cm³/mol. The van der Waals surface area contributed by atoms with Gasteiger partial charge in [0.2, 0.25) is 5.95 Å². The molecular weight excluding hydrogens is 264 g/mol. The zero-order valence-electron chi connectivity index (χ0n) is 11.3. The van der Waals surface area contributed by atoms with E-state index in [2.05, 4.69) is 15.3 Å². The molecule has 8 heteroatoms. The fraction of sp³-hybridized carbons (Fsp3) is 0.500. The molecule has 1 heterocycles. The number of nitrogens with one attached hydrogen (secondary N) is 1. The summed E-state index contributed by atoms with van der Waals surface area (Å²) in [5, 5.41) is 19.8. The van der Waals surface area contributed by atoms with E-state index in [9.17, 15) is 9.59 Å². The van der Waals surface area contributed by atoms with Crippen LogP contribution in [0.3, 0.4) is 0 Å². The van der Waals surface area contributed by atoms with Crippen molar-refractivity contribution < 1.29 is 19.8 Å². The molecular formula is C12H18N4O4. The van der Waals surface area contributed by atoms with Crippen LogP contribution in [0.2, 0.25) is 0 Å². The molecule has 0 saturated heterocycles. The van der Waals surface area contributed by atoms with E-state index < -0.39 is 24.5 Å². The highest BCUT2D eigenvalue weighted by Crippen LogP contribution is 2.09. The number of aliphatic hydroxyl groups excluding tert-OH is 1. The number of hydrogen-bond donors (Lipinski definition) is 4. The Morgan fingerprint density at radius 3 is 2.55 bits per heavy atom. The van der Waals surface area contributed by atoms with Crippen molar-refractivity contribution in [2.45, 2.75) is 26.3 Å². The van der Waals surface area contributed by atoms with Crippen LogP contribution in [0.15, 0.2) is 6.07 Å². The highest BCUT2D eigenvalue weighted by molar-refractivity contribution is 5.95. The Kier molecular flexibility index (Phi) is 5.39. The van der Waals surface area contributed by atoms with Crippen molar-refractivity contribution in [3.8, 4) is 0 Å². The summed E-state index contributed by atoms with van der Waals surface area (Å²) in [6, 6.07) is 0.0781. The molecule has 5 N–H and O–H groups in total. The van der Waals surface area contributed by atoms with E-state index in [0.717, 1.165) is 0 Å². The molecule has 0 spiro atoms. The molecule has 0 aliphatic rings. The number of aliphatic carboxylic acids is 1. The molecule has 0 radical (unpaired) electrons. The van der Waals surface area contributed by atoms with Gasteiger partial charge in [-0.25, -0.2) is 14.8 Å². The molecule has 0 bridgehead atoms. The zero-order valence-corrected chi connectivity index (χ0v) is 11.3. The van der Waals surface area contributed by atoms with Crippen LogP contribution in [0.4, 0.5) is 5.95 Å². The number of rotatable bonds is 6. The monoisotopic (exact) mass is 282 g/mol. The molecule has 1 unspecified atom stereocenters. The van der Waals surface area contributed by atoms with Crippen molar-refractivity contribution in [2.24, 2.45) is 5.92 Å². The van der Waals surface area contributed by atoms with Crippen LogP contribution >= 0.6 is 0 Å². The van der Waals surface area contributed by atoms with Gasteiger partial charge in [-0.1, -0.05) is 13.8 Å². The van der Waals surface area contributed by atoms with Gasteiger partial charge in [-0.2, -0.15) is 0 Å². The van der Waals surface area contributed by atoms with Gasteiger partial charge in [0, 0.05) is 5.69 Å². The molecule has 1 atom stereocenters. The fourth-order valence-corrected chi connectivity index (χ4v) is 1.57. The highest BCUT2D eigenvalue weighted by atomic mass is 16.4. The first-order chi connectivity index (χ1) is 9.33. The summed E-state index contributed by atoms with van der Waals surface area (Å²) in [5.41, 5.74) is 6.11. The van der Waals surface area contributed by atoms with E-state index in [0.29, 0.717) is 18.0 Å². The lowest BCUT2D eigenvalue weighted by molar-refractivity contribution is -0.140. The van der Waals surface area contributed by atoms with E-state index in [1.165, 1.54) is 6.07 Å². The quantitative estimate of drug-likeness (QED) is 0.548. The molecule has 1 aromatic heterocycles. The van der Waals surface area contributed by atoms with E-state index in [-0.39, 0.29) is 11.6 Å². The Morgan fingerprint density at radius 1 is 1.40 bits per heavy atom. The Labute approximate surface area is 116 Å². The van der Waals surface area contributed by atoms with Crippen molar-refractivity contribution in [2.75, 3.05) is 12.3 Å². The average molecular weight is 282 g/mol. The smallest absolute Gasteiger partial charge is 0.328 e. The second-order valence-electron chi connectivity index (χ2n) is 4.75. The standard InChI is InChI=1S/C12H18N4O4/c1-6(2)3-7-4-8(16-12(13)14-7)10(18)15-9(5-17)11(19)20/h4,6,9,17H,3,5H2,1-2H3,(H,15,18)(H,19,20)(H2,13,14,16). The lowest BCUT2D eigenvalue weighted by atomic mass is 10.1. The van der Waals surface area contributed by atoms with Crippen molar-refractivity contribution in [3.05, 3.63) is 17.5 Å². The summed E-state index contributed by atoms with van der Waals surface area (Å²) in [6.45, 7) is 3.27. The number of nitrogens with zero attached hydrogens (tertiary/aromatic N) is 2. The highest BCUT2D eigenvalue weighted by Gasteiger charge is 2.21. The minimum Gasteiger partial charge on any atom is -0.480 e. The third kappa shape index (κ3) is 4.47. The first-order valence-corrected chi connectivity index (χ1v) is 6.11. The van der Waals surface area contributed by atoms with Gasteiger partial charge in [-0.05, 0) is 18.4 Å². The number of hydrogen-bond acceptors (Lipinski definition) is 6. The predicted octanol–water partition coefficient (Wildman–Crippen LogP) is -0.567. The van der Waals surface area contributed by atoms with Crippen molar-refractivity contribution in [1.82, 2.24) is 15.3 Å². The molecule has 1 rings (SSSR count). The molecule has 0 aromatic carbocycles. The van der Waals surface area contributed by atoms with Gasteiger partial charge in [-0.15, -0.1) is 0 Å². The normalized spacial score (nSPS) is 12.2. The van der Waals surface area contributed by atoms with Gasteiger partial charge in [0.15, 0.2) is 6.04 Å². The van der Waals surface area contributed by atoms with Crippen LogP contribution in [0, 0.1) is 5.92 Å². The summed E-state index contributed by atoms with van der Waals surface area (Å²) < 4.78 is 0. The number of anilines is 1. The van der Waals surface area contributed by atoms with Crippen LogP contribution in [-0.4, -0.2) is 44.7 Å². The number of carbonyl (C=O) groups excluding carboxylic acids is 1. The second-order valence-corrected chi connectivity index (χ2v) is 4.75. The second kappa shape index (κ2) is 6.80. The van der Waals surface area contributed by atoms with Gasteiger partial charge in [0.25, 0.3) is 5.91 Å². The topological polar surface area (TPSA) is 138 Å². The maximum Gasteiger partial charge on any atom is 0.328 e. The van der Waals surface area contributed by atoms with Crippen LogP contribution in [0.5, 0.6) is 0 Å². The molecule has 110 valence electrons. The van der Waals surface area contributed by atoms with Crippen molar-refractivity contribution in [3.63, 3.8) is 0 Å². The summed E-state index contributed by atoms with van der Waals surface area (Å²) >= 11 is 0. The zero-order chi connectivity index (χ0) is 15.3. The molecule has 0 aliphatic carbocycles. The van der Waals surface area contributed by atoms with Gasteiger partial charge < -0.3 is 21.3 Å². The third-order valence-electron chi connectivity index (χ3n) is 2.43. The van der Waals surface area contributed by atoms with Gasteiger partial charge in [-0.3, -0.25) is 4.79 Å². The Morgan fingerprint density at radius 2 is 2.05 bits per heavy atom. The summed E-state index contributed by atoms with van der Waals surface area (Å²) in [7, 11) is 0. The van der Waals surface area contributed by atoms with E-state index in [1.807, 2.05) is 13.8 Å². The van der Waals surface area contributed by atoms with E-state index in [4.69, 9.17) is 15.9 Å². The number of carboxylic acid groups (broad SMARTS) is 1. The minimum atomic E-state index is -1.38. The molecule has 0 saturated carbocycles. The van der Waals surface area contributed by atoms with E-state index in [1.54, 1.807) is 0 Å². The number of aliphatic hydroxyl groups is 1. The summed E-state index contributed by atoms with van der Waals surface area (Å²) in [4.78, 5) is 30.4. The van der Waals surface area contributed by atoms with Crippen LogP contribution in [0.1, 0.15) is 30.0 Å². The largest absolute Gasteiger partial charge is 0.480 e. The number of amides is 1. The van der Waals surface area contributed by atoms with Gasteiger partial charge in [0.1, 0.15) is 5.69 Å². The van der Waals surface area contributed by atoms with Crippen LogP contribution in [-0.2, 0) is 11.2 Å². The van der Waals surface area contributed by atoms with Gasteiger partial charge >= 0.3 is 5.97 Å². The summed E-state index contributed by atoms with van der Waals surface area (Å²) in [5.74, 6) is -1.77. The first kappa shape index (κ1) is 15.8. The SMILES string of the molecule is CC(C)Cc1cc(C(=O)NC(CO)C(=O)O)nc(N)n1. The maximum atomic E-state index is 11.9. The first-order valence-electron chi connectivity index (χ1n) is 6.11. The van der Waals surface area contributed by atoms with Crippen molar-refractivity contribution in [1.29, 1.82) is 0 Å². The Bertz CT molecular complexity index is 504. The van der Waals surface area contributed by atoms with Crippen LogP contribution in [0.25, 0.3) is 0 Å². The molecule has 20 heavy (non-hydrogen) atoms. The average Bonchev–Trinajstić information content (AvgIpc) is 2.33. The molecule has 0 fully saturated rings. The van der Waals surface area contributed by atoms with E-state index >= 15 is 0 Å². The third-order valence-corrected chi connectivity index (χ3v) is 2.43. The molecule has 1 amide bonds. The Hall–Kier alpha value is -2.22. The number of carbonyl (C=O) groups is 2.